The van der Waals surface area contributed by atoms with E-state index in [9.17, 15) is 0 Å². The van der Waals surface area contributed by atoms with Crippen molar-refractivity contribution in [3.05, 3.63) is 47.8 Å². The van der Waals surface area contributed by atoms with Gasteiger partial charge in [-0.15, -0.1) is 0 Å². The van der Waals surface area contributed by atoms with Crippen molar-refractivity contribution >= 4 is 11.4 Å². The minimum Gasteiger partial charge on any atom is -0.357 e. The van der Waals surface area contributed by atoms with Crippen molar-refractivity contribution < 1.29 is 0 Å². The molecule has 1 saturated carbocycles. The summed E-state index contributed by atoms with van der Waals surface area (Å²) in [5, 5.41) is 5.25. The highest BCUT2D eigenvalue weighted by molar-refractivity contribution is 5.84. The summed E-state index contributed by atoms with van der Waals surface area (Å²) >= 11 is 0. The Morgan fingerprint density at radius 1 is 0.920 bits per heavy atom. The lowest BCUT2D eigenvalue weighted by Crippen LogP contribution is -2.78. The van der Waals surface area contributed by atoms with Crippen molar-refractivity contribution in [2.75, 3.05) is 14.1 Å². The van der Waals surface area contributed by atoms with E-state index in [1.165, 1.54) is 41.8 Å². The molecule has 4 aliphatic heterocycles. The van der Waals surface area contributed by atoms with Crippen LogP contribution in [0.2, 0.25) is 0 Å². The summed E-state index contributed by atoms with van der Waals surface area (Å²) in [7, 11) is 4.55. The molecule has 1 aromatic carbocycles. The Balaban J connectivity index is 1.66. The lowest BCUT2D eigenvalue weighted by atomic mass is 9.45. The van der Waals surface area contributed by atoms with Crippen LogP contribution in [0.1, 0.15) is 44.2 Å². The molecular weight excluding hydrogens is 308 g/mol. The quantitative estimate of drug-likeness (QED) is 0.778. The van der Waals surface area contributed by atoms with Crippen LogP contribution < -0.4 is 0 Å². The first kappa shape index (κ1) is 14.1. The summed E-state index contributed by atoms with van der Waals surface area (Å²) in [5.41, 5.74) is 6.17. The molecule has 4 atom stereocenters. The molecule has 0 bridgehead atoms. The fourth-order valence-electron chi connectivity index (χ4n) is 6.79. The fraction of sp³-hybridized carbons (Fsp3) is 0.524. The first-order valence-corrected chi connectivity index (χ1v) is 9.59. The van der Waals surface area contributed by atoms with Gasteiger partial charge in [0.1, 0.15) is 12.3 Å². The Morgan fingerprint density at radius 3 is 2.00 bits per heavy atom. The molecule has 2 fully saturated rings. The summed E-state index contributed by atoms with van der Waals surface area (Å²) in [4.78, 5) is 4.97. The van der Waals surface area contributed by atoms with Crippen LogP contribution in [0.25, 0.3) is 11.4 Å². The molecule has 1 aromatic rings. The van der Waals surface area contributed by atoms with E-state index in [1.807, 2.05) is 0 Å². The van der Waals surface area contributed by atoms with Gasteiger partial charge in [0.05, 0.1) is 11.4 Å². The molecule has 130 valence electrons. The lowest BCUT2D eigenvalue weighted by Gasteiger charge is -2.72. The van der Waals surface area contributed by atoms with E-state index in [1.54, 1.807) is 0 Å². The maximum atomic E-state index is 2.63. The minimum atomic E-state index is 0.319. The summed E-state index contributed by atoms with van der Waals surface area (Å²) < 4.78 is 0. The van der Waals surface area contributed by atoms with E-state index >= 15 is 0 Å². The third-order valence-corrected chi connectivity index (χ3v) is 8.01. The molecule has 0 aromatic heterocycles. The van der Waals surface area contributed by atoms with Gasteiger partial charge in [-0.2, -0.15) is 0 Å². The van der Waals surface area contributed by atoms with Crippen LogP contribution in [0.4, 0.5) is 0 Å². The normalized spacial score (nSPS) is 39.5. The van der Waals surface area contributed by atoms with E-state index < -0.39 is 0 Å². The van der Waals surface area contributed by atoms with Gasteiger partial charge in [0.25, 0.3) is 0 Å². The predicted molar refractivity (Wildman–Crippen MR) is 99.2 cm³/mol. The molecule has 0 N–H and O–H groups in total. The number of fused-ring (bicyclic) bond motifs is 6. The number of nitrogens with zero attached hydrogens (tertiary/aromatic N) is 4. The largest absolute Gasteiger partial charge is 0.357 e. The molecule has 25 heavy (non-hydrogen) atoms. The highest BCUT2D eigenvalue weighted by Gasteiger charge is 2.73. The molecule has 1 aliphatic carbocycles. The van der Waals surface area contributed by atoms with Gasteiger partial charge < -0.3 is 9.80 Å². The van der Waals surface area contributed by atoms with Crippen molar-refractivity contribution in [1.82, 2.24) is 19.8 Å². The molecule has 4 unspecified atom stereocenters. The Hall–Kier alpha value is -2.10. The molecule has 0 radical (unpaired) electrons. The molecule has 6 rings (SSSR count). The van der Waals surface area contributed by atoms with E-state index in [0.29, 0.717) is 23.2 Å². The Morgan fingerprint density at radius 2 is 1.48 bits per heavy atom. The highest BCUT2D eigenvalue weighted by Crippen LogP contribution is 2.71. The second kappa shape index (κ2) is 4.00. The number of hydrogen-bond acceptors (Lipinski definition) is 4. The molecular formula is C21H26N4. The van der Waals surface area contributed by atoms with Crippen LogP contribution >= 0.6 is 0 Å². The standard InChI is InChI=1S/C21H26N4/c1-5-21-11-10-20(21,2)18-22(3)12-16-14-8-6-7-9-15(14)17-13-23(4)19(21)25(17)24(16)18/h6-9,12-13,18-19H,5,10-11H2,1-4H3. The zero-order valence-electron chi connectivity index (χ0n) is 15.5. The molecule has 1 saturated heterocycles. The third-order valence-electron chi connectivity index (χ3n) is 8.01. The lowest BCUT2D eigenvalue weighted by molar-refractivity contribution is -0.284. The molecule has 0 amide bonds. The Bertz CT molecular complexity index is 853. The highest BCUT2D eigenvalue weighted by atomic mass is 15.8. The van der Waals surface area contributed by atoms with E-state index in [-0.39, 0.29) is 0 Å². The predicted octanol–water partition coefficient (Wildman–Crippen LogP) is 3.57. The van der Waals surface area contributed by atoms with Gasteiger partial charge in [-0.05, 0) is 19.3 Å². The number of hydrogen-bond donors (Lipinski definition) is 0. The maximum Gasteiger partial charge on any atom is 0.127 e. The smallest absolute Gasteiger partial charge is 0.127 e. The van der Waals surface area contributed by atoms with Crippen LogP contribution in [-0.2, 0) is 0 Å². The summed E-state index contributed by atoms with van der Waals surface area (Å²) in [5.74, 6) is 0. The first-order chi connectivity index (χ1) is 12.0. The van der Waals surface area contributed by atoms with Gasteiger partial charge >= 0.3 is 0 Å². The monoisotopic (exact) mass is 334 g/mol. The zero-order chi connectivity index (χ0) is 17.1. The van der Waals surface area contributed by atoms with Gasteiger partial charge in [0, 0.05) is 48.5 Å². The van der Waals surface area contributed by atoms with Crippen LogP contribution in [-0.4, -0.2) is 46.2 Å². The van der Waals surface area contributed by atoms with Gasteiger partial charge in [-0.3, -0.25) is 10.0 Å². The van der Waals surface area contributed by atoms with Crippen LogP contribution in [0.15, 0.2) is 36.7 Å². The van der Waals surface area contributed by atoms with Crippen molar-refractivity contribution in [2.45, 2.75) is 45.4 Å². The Kier molecular flexibility index (Phi) is 2.26. The maximum absolute atomic E-state index is 2.63. The number of rotatable bonds is 1. The van der Waals surface area contributed by atoms with Crippen LogP contribution in [0, 0.1) is 10.8 Å². The van der Waals surface area contributed by atoms with Crippen molar-refractivity contribution in [1.29, 1.82) is 0 Å². The van der Waals surface area contributed by atoms with Gasteiger partial charge in [0.15, 0.2) is 0 Å². The van der Waals surface area contributed by atoms with E-state index in [2.05, 4.69) is 84.4 Å². The van der Waals surface area contributed by atoms with E-state index in [4.69, 9.17) is 0 Å². The molecule has 0 spiro atoms. The summed E-state index contributed by atoms with van der Waals surface area (Å²) in [6.07, 6.45) is 9.53. The second-order valence-corrected chi connectivity index (χ2v) is 8.77. The average molecular weight is 334 g/mol. The van der Waals surface area contributed by atoms with Gasteiger partial charge in [-0.1, -0.05) is 38.1 Å². The fourth-order valence-corrected chi connectivity index (χ4v) is 6.79. The van der Waals surface area contributed by atoms with Crippen molar-refractivity contribution in [2.24, 2.45) is 10.8 Å². The molecule has 4 nitrogen and oxygen atoms in total. The third kappa shape index (κ3) is 1.23. The SMILES string of the molecule is CCC12CCC1(C)C1N(C)C=C3c4ccccc4C4=CN(C)C2N4N31. The van der Waals surface area contributed by atoms with Gasteiger partial charge in [0.2, 0.25) is 0 Å². The second-order valence-electron chi connectivity index (χ2n) is 8.77. The Labute approximate surface area is 150 Å². The van der Waals surface area contributed by atoms with Gasteiger partial charge in [-0.25, -0.2) is 0 Å². The van der Waals surface area contributed by atoms with Crippen molar-refractivity contribution in [3.8, 4) is 0 Å². The topological polar surface area (TPSA) is 13.0 Å². The molecule has 4 heterocycles. The van der Waals surface area contributed by atoms with E-state index in [0.717, 1.165) is 0 Å². The molecule has 5 aliphatic rings. The van der Waals surface area contributed by atoms with Crippen LogP contribution in [0.3, 0.4) is 0 Å². The summed E-state index contributed by atoms with van der Waals surface area (Å²) in [6.45, 7) is 4.95. The van der Waals surface area contributed by atoms with Crippen molar-refractivity contribution in [3.63, 3.8) is 0 Å². The molecule has 4 heteroatoms. The first-order valence-electron chi connectivity index (χ1n) is 9.59. The number of benzene rings is 1. The zero-order valence-corrected chi connectivity index (χ0v) is 15.5. The summed E-state index contributed by atoms with van der Waals surface area (Å²) in [6, 6.07) is 8.92. The average Bonchev–Trinajstić information content (AvgIpc) is 3.12. The minimum absolute atomic E-state index is 0.319. The number of hydrazine groups is 1. The van der Waals surface area contributed by atoms with Crippen LogP contribution in [0.5, 0.6) is 0 Å².